The van der Waals surface area contributed by atoms with Gasteiger partial charge < -0.3 is 14.1 Å². The maximum Gasteiger partial charge on any atom is 0.288 e. The lowest BCUT2D eigenvalue weighted by Crippen LogP contribution is -2.47. The van der Waals surface area contributed by atoms with Crippen molar-refractivity contribution in [1.82, 2.24) is 19.7 Å². The normalized spacial score (nSPS) is 15.1. The molecule has 0 bridgehead atoms. The van der Waals surface area contributed by atoms with E-state index in [1.165, 1.54) is 0 Å². The molecule has 0 amide bonds. The first kappa shape index (κ1) is 17.7. The zero-order valence-corrected chi connectivity index (χ0v) is 15.9. The largest absolute Gasteiger partial charge is 0.495 e. The van der Waals surface area contributed by atoms with Crippen molar-refractivity contribution in [1.29, 1.82) is 0 Å². The number of benzene rings is 1. The second-order valence-electron chi connectivity index (χ2n) is 6.33. The molecular weight excluding hydrogens is 362 g/mol. The second kappa shape index (κ2) is 7.89. The van der Waals surface area contributed by atoms with Gasteiger partial charge in [-0.2, -0.15) is 0 Å². The molecule has 1 saturated heterocycles. The number of rotatable bonds is 5. The van der Waals surface area contributed by atoms with Crippen LogP contribution in [0.5, 0.6) is 5.75 Å². The fourth-order valence-electron chi connectivity index (χ4n) is 3.22. The predicted octanol–water partition coefficient (Wildman–Crippen LogP) is 3.06. The smallest absolute Gasteiger partial charge is 0.288 e. The Kier molecular flexibility index (Phi) is 5.17. The van der Waals surface area contributed by atoms with E-state index < -0.39 is 0 Å². The van der Waals surface area contributed by atoms with Crippen LogP contribution in [-0.2, 0) is 6.67 Å². The van der Waals surface area contributed by atoms with Crippen LogP contribution in [0, 0.1) is 4.84 Å². The minimum Gasteiger partial charge on any atom is -0.495 e. The molecule has 1 aliphatic rings. The Morgan fingerprint density at radius 1 is 1.07 bits per heavy atom. The zero-order valence-electron chi connectivity index (χ0n) is 15.1. The molecule has 2 aromatic heterocycles. The van der Waals surface area contributed by atoms with Gasteiger partial charge in [0, 0.05) is 44.1 Å². The highest BCUT2D eigenvalue weighted by molar-refractivity contribution is 7.71. The number of para-hydroxylation sites is 2. The fourth-order valence-corrected chi connectivity index (χ4v) is 3.39. The van der Waals surface area contributed by atoms with Crippen molar-refractivity contribution in [2.45, 2.75) is 6.67 Å². The molecular formula is C19H21N5O2S. The minimum absolute atomic E-state index is 0.383. The molecule has 4 rings (SSSR count). The Morgan fingerprint density at radius 3 is 2.56 bits per heavy atom. The summed E-state index contributed by atoms with van der Waals surface area (Å²) in [7, 11) is 1.71. The molecule has 27 heavy (non-hydrogen) atoms. The lowest BCUT2D eigenvalue weighted by atomic mass is 10.2. The molecule has 140 valence electrons. The summed E-state index contributed by atoms with van der Waals surface area (Å²) in [6.07, 6.45) is 3.42. The van der Waals surface area contributed by atoms with Gasteiger partial charge in [0.2, 0.25) is 5.89 Å². The van der Waals surface area contributed by atoms with Gasteiger partial charge in [-0.25, -0.2) is 4.68 Å². The summed E-state index contributed by atoms with van der Waals surface area (Å²) in [6, 6.07) is 11.8. The molecule has 0 spiro atoms. The van der Waals surface area contributed by atoms with E-state index in [4.69, 9.17) is 21.4 Å². The highest BCUT2D eigenvalue weighted by Gasteiger charge is 2.20. The van der Waals surface area contributed by atoms with Crippen LogP contribution >= 0.6 is 12.2 Å². The lowest BCUT2D eigenvalue weighted by molar-refractivity contribution is 0.192. The summed E-state index contributed by atoms with van der Waals surface area (Å²) in [4.78, 5) is 9.06. The van der Waals surface area contributed by atoms with Crippen LogP contribution in [0.1, 0.15) is 0 Å². The number of methoxy groups -OCH3 is 1. The molecule has 0 aliphatic carbocycles. The first-order valence-corrected chi connectivity index (χ1v) is 9.24. The van der Waals surface area contributed by atoms with Gasteiger partial charge in [-0.1, -0.05) is 12.1 Å². The zero-order chi connectivity index (χ0) is 18.6. The van der Waals surface area contributed by atoms with E-state index in [0.717, 1.165) is 43.2 Å². The third kappa shape index (κ3) is 3.86. The SMILES string of the molecule is COc1ccccc1N1CCN(Cn2nc(-c3ccncc3)oc2=S)CC1. The summed E-state index contributed by atoms with van der Waals surface area (Å²) < 4.78 is 12.9. The van der Waals surface area contributed by atoms with E-state index in [1.54, 1.807) is 24.2 Å². The van der Waals surface area contributed by atoms with Crippen LogP contribution in [0.25, 0.3) is 11.5 Å². The summed E-state index contributed by atoms with van der Waals surface area (Å²) in [6.45, 7) is 4.28. The van der Waals surface area contributed by atoms with Crippen molar-refractivity contribution in [2.24, 2.45) is 0 Å². The molecule has 0 unspecified atom stereocenters. The van der Waals surface area contributed by atoms with Gasteiger partial charge in [0.1, 0.15) is 5.75 Å². The molecule has 3 aromatic rings. The molecule has 0 atom stereocenters. The van der Waals surface area contributed by atoms with Crippen molar-refractivity contribution in [2.75, 3.05) is 38.2 Å². The van der Waals surface area contributed by atoms with Gasteiger partial charge >= 0.3 is 0 Å². The maximum absolute atomic E-state index is 5.65. The van der Waals surface area contributed by atoms with E-state index in [9.17, 15) is 0 Å². The molecule has 7 nitrogen and oxygen atoms in total. The molecule has 1 fully saturated rings. The van der Waals surface area contributed by atoms with Crippen LogP contribution in [-0.4, -0.2) is 53.0 Å². The average Bonchev–Trinajstić information content (AvgIpc) is 3.09. The number of hydrogen-bond donors (Lipinski definition) is 0. The molecule has 0 N–H and O–H groups in total. The lowest BCUT2D eigenvalue weighted by Gasteiger charge is -2.36. The van der Waals surface area contributed by atoms with E-state index in [2.05, 4.69) is 25.9 Å². The summed E-state index contributed by atoms with van der Waals surface area (Å²) in [5.74, 6) is 1.43. The van der Waals surface area contributed by atoms with Crippen LogP contribution in [0.3, 0.4) is 0 Å². The molecule has 8 heteroatoms. The number of aromatic nitrogens is 3. The first-order valence-electron chi connectivity index (χ1n) is 8.83. The van der Waals surface area contributed by atoms with Crippen LogP contribution in [0.15, 0.2) is 53.2 Å². The highest BCUT2D eigenvalue weighted by Crippen LogP contribution is 2.28. The van der Waals surface area contributed by atoms with E-state index >= 15 is 0 Å². The Labute approximate surface area is 162 Å². The number of anilines is 1. The van der Waals surface area contributed by atoms with Gasteiger partial charge in [-0.05, 0) is 36.5 Å². The minimum atomic E-state index is 0.383. The molecule has 3 heterocycles. The predicted molar refractivity (Wildman–Crippen MR) is 105 cm³/mol. The van der Waals surface area contributed by atoms with Crippen LogP contribution < -0.4 is 9.64 Å². The topological polar surface area (TPSA) is 59.6 Å². The standard InChI is InChI=1S/C19H21N5O2S/c1-25-17-5-3-2-4-16(17)23-12-10-22(11-13-23)14-24-19(27)26-18(21-24)15-6-8-20-9-7-15/h2-9H,10-14H2,1H3. The van der Waals surface area contributed by atoms with Gasteiger partial charge in [0.25, 0.3) is 4.84 Å². The monoisotopic (exact) mass is 383 g/mol. The highest BCUT2D eigenvalue weighted by atomic mass is 32.1. The Morgan fingerprint density at radius 2 is 1.81 bits per heavy atom. The fraction of sp³-hybridized carbons (Fsp3) is 0.316. The van der Waals surface area contributed by atoms with Crippen molar-refractivity contribution >= 4 is 17.9 Å². The maximum atomic E-state index is 5.65. The van der Waals surface area contributed by atoms with Gasteiger partial charge in [-0.3, -0.25) is 9.88 Å². The number of hydrogen-bond acceptors (Lipinski definition) is 7. The van der Waals surface area contributed by atoms with E-state index in [0.29, 0.717) is 17.4 Å². The third-order valence-electron chi connectivity index (χ3n) is 4.67. The van der Waals surface area contributed by atoms with Gasteiger partial charge in [0.05, 0.1) is 19.5 Å². The number of ether oxygens (including phenoxy) is 1. The van der Waals surface area contributed by atoms with Crippen molar-refractivity contribution < 1.29 is 9.15 Å². The molecule has 1 aliphatic heterocycles. The van der Waals surface area contributed by atoms with Gasteiger partial charge in [-0.15, -0.1) is 5.10 Å². The molecule has 0 radical (unpaired) electrons. The van der Waals surface area contributed by atoms with Crippen LogP contribution in [0.2, 0.25) is 0 Å². The van der Waals surface area contributed by atoms with Crippen molar-refractivity contribution in [3.8, 4) is 17.2 Å². The van der Waals surface area contributed by atoms with E-state index in [-0.39, 0.29) is 0 Å². The van der Waals surface area contributed by atoms with Gasteiger partial charge in [0.15, 0.2) is 0 Å². The van der Waals surface area contributed by atoms with E-state index in [1.807, 2.05) is 30.3 Å². The molecule has 0 saturated carbocycles. The quantitative estimate of drug-likeness (QED) is 0.628. The number of pyridine rings is 1. The Balaban J connectivity index is 1.41. The van der Waals surface area contributed by atoms with Crippen LogP contribution in [0.4, 0.5) is 5.69 Å². The molecule has 1 aromatic carbocycles. The Hall–Kier alpha value is -2.71. The summed E-state index contributed by atoms with van der Waals surface area (Å²) in [5.41, 5.74) is 2.01. The third-order valence-corrected chi connectivity index (χ3v) is 4.96. The second-order valence-corrected chi connectivity index (χ2v) is 6.68. The van der Waals surface area contributed by atoms with Crippen molar-refractivity contribution in [3.05, 3.63) is 53.6 Å². The number of nitrogens with zero attached hydrogens (tertiary/aromatic N) is 5. The summed E-state index contributed by atoms with van der Waals surface area (Å²) >= 11 is 5.34. The van der Waals surface area contributed by atoms with Crippen molar-refractivity contribution in [3.63, 3.8) is 0 Å². The number of piperazine rings is 1. The summed E-state index contributed by atoms with van der Waals surface area (Å²) in [5, 5.41) is 4.52. The first-order chi connectivity index (χ1) is 13.2. The Bertz CT molecular complexity index is 948. The average molecular weight is 383 g/mol.